The zero-order valence-electron chi connectivity index (χ0n) is 21.1. The van der Waals surface area contributed by atoms with Gasteiger partial charge >= 0.3 is 6.09 Å². The lowest BCUT2D eigenvalue weighted by Crippen LogP contribution is -2.50. The van der Waals surface area contributed by atoms with E-state index in [4.69, 9.17) is 9.47 Å². The lowest BCUT2D eigenvalue weighted by Gasteiger charge is -2.30. The van der Waals surface area contributed by atoms with Crippen LogP contribution in [0, 0.1) is 22.7 Å². The van der Waals surface area contributed by atoms with Crippen molar-refractivity contribution in [3.63, 3.8) is 0 Å². The molecule has 0 aliphatic carbocycles. The van der Waals surface area contributed by atoms with Crippen LogP contribution in [-0.4, -0.2) is 55.3 Å². The third-order valence-corrected chi connectivity index (χ3v) is 6.75. The van der Waals surface area contributed by atoms with E-state index in [1.165, 1.54) is 31.4 Å². The van der Waals surface area contributed by atoms with Crippen LogP contribution in [0.4, 0.5) is 4.79 Å². The number of allylic oxidation sites excluding steroid dienone is 1. The highest BCUT2D eigenvalue weighted by Gasteiger charge is 2.31. The minimum atomic E-state index is -4.30. The fraction of sp³-hybridized carbons (Fsp3) is 0.346. The molecule has 0 unspecified atom stereocenters. The van der Waals surface area contributed by atoms with E-state index in [9.17, 15) is 28.8 Å². The van der Waals surface area contributed by atoms with Crippen LogP contribution < -0.4 is 10.1 Å². The van der Waals surface area contributed by atoms with Crippen molar-refractivity contribution in [1.82, 2.24) is 9.62 Å². The number of carbonyl (C=O) groups excluding carboxylic acids is 1. The fourth-order valence-electron chi connectivity index (χ4n) is 3.25. The third kappa shape index (κ3) is 8.83. The van der Waals surface area contributed by atoms with E-state index in [2.05, 4.69) is 5.32 Å². The first-order chi connectivity index (χ1) is 17.4. The molecule has 2 aromatic carbocycles. The number of rotatable bonds is 10. The maximum absolute atomic E-state index is 13.4. The molecule has 37 heavy (non-hydrogen) atoms. The molecule has 0 aliphatic heterocycles. The number of benzene rings is 2. The first kappa shape index (κ1) is 29.2. The molecule has 2 rings (SSSR count). The monoisotopic (exact) mass is 526 g/mol. The van der Waals surface area contributed by atoms with Gasteiger partial charge in [-0.05, 0) is 57.0 Å². The molecule has 0 heterocycles. The summed E-state index contributed by atoms with van der Waals surface area (Å²) in [6.45, 7) is 4.51. The summed E-state index contributed by atoms with van der Waals surface area (Å²) in [6, 6.07) is 16.8. The van der Waals surface area contributed by atoms with Crippen molar-refractivity contribution >= 4 is 16.1 Å². The second-order valence-corrected chi connectivity index (χ2v) is 10.9. The SMILES string of the molecule is COc1ccc(S(=O)(=O)N(C=C(C#N)C#N)C[C@@H](O)[C@H](Cc2ccccc2)NC(=O)OC(C)(C)C)cc1. The number of ether oxygens (including phenoxy) is 2. The largest absolute Gasteiger partial charge is 0.497 e. The lowest BCUT2D eigenvalue weighted by molar-refractivity contribution is 0.0411. The molecule has 2 N–H and O–H groups in total. The van der Waals surface area contributed by atoms with E-state index >= 15 is 0 Å². The molecule has 2 aromatic rings. The summed E-state index contributed by atoms with van der Waals surface area (Å²) in [5.74, 6) is 0.431. The third-order valence-electron chi connectivity index (χ3n) is 5.01. The van der Waals surface area contributed by atoms with Gasteiger partial charge in [0.2, 0.25) is 0 Å². The maximum Gasteiger partial charge on any atom is 0.407 e. The molecule has 0 bridgehead atoms. The lowest BCUT2D eigenvalue weighted by atomic mass is 10.0. The second-order valence-electron chi connectivity index (χ2n) is 9.03. The molecular weight excluding hydrogens is 496 g/mol. The number of nitrogens with zero attached hydrogens (tertiary/aromatic N) is 3. The zero-order chi connectivity index (χ0) is 27.6. The van der Waals surface area contributed by atoms with Crippen LogP contribution >= 0.6 is 0 Å². The van der Waals surface area contributed by atoms with Gasteiger partial charge in [0.05, 0.1) is 30.7 Å². The van der Waals surface area contributed by atoms with Crippen molar-refractivity contribution < 1.29 is 27.8 Å². The quantitative estimate of drug-likeness (QED) is 0.448. The minimum absolute atomic E-state index is 0.147. The van der Waals surface area contributed by atoms with E-state index in [0.29, 0.717) is 5.75 Å². The number of methoxy groups -OCH3 is 1. The second kappa shape index (κ2) is 12.8. The molecule has 0 saturated heterocycles. The maximum atomic E-state index is 13.4. The fourth-order valence-corrected chi connectivity index (χ4v) is 4.60. The number of aliphatic hydroxyl groups is 1. The average molecular weight is 527 g/mol. The van der Waals surface area contributed by atoms with Crippen LogP contribution in [0.1, 0.15) is 26.3 Å². The predicted molar refractivity (Wildman–Crippen MR) is 136 cm³/mol. The predicted octanol–water partition coefficient (Wildman–Crippen LogP) is 3.11. The van der Waals surface area contributed by atoms with Crippen LogP contribution in [0.15, 0.2) is 71.3 Å². The van der Waals surface area contributed by atoms with Crippen molar-refractivity contribution in [2.45, 2.75) is 49.8 Å². The highest BCUT2D eigenvalue weighted by atomic mass is 32.2. The van der Waals surface area contributed by atoms with Crippen molar-refractivity contribution in [1.29, 1.82) is 10.5 Å². The van der Waals surface area contributed by atoms with E-state index in [1.54, 1.807) is 57.2 Å². The van der Waals surface area contributed by atoms with Gasteiger partial charge in [-0.25, -0.2) is 13.2 Å². The van der Waals surface area contributed by atoms with Gasteiger partial charge in [-0.15, -0.1) is 0 Å². The van der Waals surface area contributed by atoms with Crippen molar-refractivity contribution in [3.05, 3.63) is 71.9 Å². The normalized spacial score (nSPS) is 12.7. The minimum Gasteiger partial charge on any atom is -0.497 e. The van der Waals surface area contributed by atoms with Gasteiger partial charge in [-0.3, -0.25) is 4.31 Å². The Balaban J connectivity index is 2.43. The molecule has 1 amide bonds. The Morgan fingerprint density at radius 1 is 1.11 bits per heavy atom. The Morgan fingerprint density at radius 2 is 1.70 bits per heavy atom. The number of amides is 1. The summed E-state index contributed by atoms with van der Waals surface area (Å²) in [5.41, 5.74) is -0.505. The summed E-state index contributed by atoms with van der Waals surface area (Å²) in [4.78, 5) is 12.4. The van der Waals surface area contributed by atoms with Gasteiger partial charge in [0, 0.05) is 6.20 Å². The van der Waals surface area contributed by atoms with Gasteiger partial charge < -0.3 is 19.9 Å². The van der Waals surface area contributed by atoms with Gasteiger partial charge in [-0.2, -0.15) is 10.5 Å². The Hall–Kier alpha value is -4.06. The molecule has 196 valence electrons. The van der Waals surface area contributed by atoms with Crippen LogP contribution in [0.5, 0.6) is 5.75 Å². The van der Waals surface area contributed by atoms with Gasteiger partial charge in [0.25, 0.3) is 10.0 Å². The first-order valence-corrected chi connectivity index (χ1v) is 12.7. The summed E-state index contributed by atoms with van der Waals surface area (Å²) in [6.07, 6.45) is -1.22. The average Bonchev–Trinajstić information content (AvgIpc) is 2.85. The zero-order valence-corrected chi connectivity index (χ0v) is 21.9. The molecule has 10 nitrogen and oxygen atoms in total. The van der Waals surface area contributed by atoms with E-state index in [0.717, 1.165) is 16.1 Å². The van der Waals surface area contributed by atoms with Crippen LogP contribution in [0.25, 0.3) is 0 Å². The topological polar surface area (TPSA) is 153 Å². The highest BCUT2D eigenvalue weighted by molar-refractivity contribution is 7.89. The molecule has 2 atom stereocenters. The first-order valence-electron chi connectivity index (χ1n) is 11.3. The Bertz CT molecular complexity index is 1260. The number of hydrogen-bond acceptors (Lipinski definition) is 8. The summed E-state index contributed by atoms with van der Waals surface area (Å²) < 4.78 is 37.9. The van der Waals surface area contributed by atoms with Gasteiger partial charge in [0.15, 0.2) is 0 Å². The summed E-state index contributed by atoms with van der Waals surface area (Å²) in [7, 11) is -2.87. The Morgan fingerprint density at radius 3 is 2.22 bits per heavy atom. The molecule has 0 fully saturated rings. The van der Waals surface area contributed by atoms with Gasteiger partial charge in [-0.1, -0.05) is 30.3 Å². The van der Waals surface area contributed by atoms with Gasteiger partial charge in [0.1, 0.15) is 29.1 Å². The van der Waals surface area contributed by atoms with E-state index < -0.39 is 46.0 Å². The number of hydrogen-bond donors (Lipinski definition) is 2. The van der Waals surface area contributed by atoms with Crippen molar-refractivity contribution in [2.24, 2.45) is 0 Å². The smallest absolute Gasteiger partial charge is 0.407 e. The number of alkyl carbamates (subject to hydrolysis) is 1. The standard InChI is InChI=1S/C26H30N4O6S/c1-26(2,3)36-25(32)29-23(14-19-8-6-5-7-9-19)24(31)18-30(17-20(15-27)16-28)37(33,34)22-12-10-21(35-4)11-13-22/h5-13,17,23-24,31H,14,18H2,1-4H3,(H,29,32)/t23-,24+/m0/s1. The molecular formula is C26H30N4O6S. The number of nitrogens with one attached hydrogen (secondary N) is 1. The highest BCUT2D eigenvalue weighted by Crippen LogP contribution is 2.22. The molecule has 0 aromatic heterocycles. The number of nitriles is 2. The van der Waals surface area contributed by atoms with E-state index in [1.807, 2.05) is 6.07 Å². The van der Waals surface area contributed by atoms with Crippen molar-refractivity contribution in [2.75, 3.05) is 13.7 Å². The molecule has 0 saturated carbocycles. The number of carbonyl (C=O) groups is 1. The van der Waals surface area contributed by atoms with Crippen LogP contribution in [0.3, 0.4) is 0 Å². The number of aliphatic hydroxyl groups excluding tert-OH is 1. The molecule has 0 radical (unpaired) electrons. The van der Waals surface area contributed by atoms with Crippen LogP contribution in [-0.2, 0) is 21.2 Å². The molecule has 0 aliphatic rings. The van der Waals surface area contributed by atoms with E-state index in [-0.39, 0.29) is 11.3 Å². The number of sulfonamides is 1. The Kier molecular flexibility index (Phi) is 10.1. The molecule has 11 heteroatoms. The Labute approximate surface area is 217 Å². The van der Waals surface area contributed by atoms with Crippen molar-refractivity contribution in [3.8, 4) is 17.9 Å². The summed E-state index contributed by atoms with van der Waals surface area (Å²) in [5, 5.41) is 32.2. The summed E-state index contributed by atoms with van der Waals surface area (Å²) >= 11 is 0. The molecule has 0 spiro atoms. The van der Waals surface area contributed by atoms with Crippen LogP contribution in [0.2, 0.25) is 0 Å².